The molecule has 7 nitrogen and oxygen atoms in total. The summed E-state index contributed by atoms with van der Waals surface area (Å²) >= 11 is 3.39. The summed E-state index contributed by atoms with van der Waals surface area (Å²) in [7, 11) is -4.20. The van der Waals surface area contributed by atoms with Crippen molar-refractivity contribution >= 4 is 43.5 Å². The monoisotopic (exact) mass is 693 g/mol. The molecule has 4 rings (SSSR count). The molecule has 0 unspecified atom stereocenters. The molecule has 1 atom stereocenters. The molecule has 0 heterocycles. The number of benzene rings is 4. The predicted octanol–water partition coefficient (Wildman–Crippen LogP) is 6.50. The zero-order valence-electron chi connectivity index (χ0n) is 25.5. The Balaban J connectivity index is 1.79. The lowest BCUT2D eigenvalue weighted by atomic mass is 10.0. The van der Waals surface area contributed by atoms with Gasteiger partial charge in [-0.1, -0.05) is 89.9 Å². The van der Waals surface area contributed by atoms with E-state index in [0.29, 0.717) is 12.1 Å². The van der Waals surface area contributed by atoms with Crippen molar-refractivity contribution in [2.75, 3.05) is 17.4 Å². The first kappa shape index (κ1) is 33.9. The van der Waals surface area contributed by atoms with E-state index in [0.717, 1.165) is 19.9 Å². The highest BCUT2D eigenvalue weighted by Crippen LogP contribution is 2.27. The molecule has 0 bridgehead atoms. The maximum Gasteiger partial charge on any atom is 0.264 e. The number of amides is 2. The number of hydrogen-bond acceptors (Lipinski definition) is 4. The van der Waals surface area contributed by atoms with E-state index in [1.54, 1.807) is 48.5 Å². The predicted molar refractivity (Wildman–Crippen MR) is 179 cm³/mol. The topological polar surface area (TPSA) is 86.8 Å². The first-order valence-corrected chi connectivity index (χ1v) is 16.9. The SMILES string of the molecule is Cc1ccc(S(=O)(=O)N(CC(=O)N(Cc2ccc(F)cc2)[C@H](Cc2ccccc2)C(=O)NCC(C)C)c2ccc(Br)cc2)cc1. The van der Waals surface area contributed by atoms with Crippen LogP contribution in [0.4, 0.5) is 10.1 Å². The molecule has 0 saturated carbocycles. The molecule has 0 aliphatic heterocycles. The third-order valence-corrected chi connectivity index (χ3v) is 9.54. The van der Waals surface area contributed by atoms with Gasteiger partial charge in [-0.3, -0.25) is 13.9 Å². The molecule has 0 fully saturated rings. The number of halogens is 2. The van der Waals surface area contributed by atoms with Crippen molar-refractivity contribution in [3.8, 4) is 0 Å². The van der Waals surface area contributed by atoms with Gasteiger partial charge in [-0.15, -0.1) is 0 Å². The fraction of sp³-hybridized carbons (Fsp3) is 0.257. The number of carbonyl (C=O) groups is 2. The molecule has 0 aliphatic carbocycles. The molecular weight excluding hydrogens is 657 g/mol. The van der Waals surface area contributed by atoms with Crippen LogP contribution in [-0.4, -0.2) is 44.3 Å². The summed E-state index contributed by atoms with van der Waals surface area (Å²) in [6.45, 7) is 5.60. The summed E-state index contributed by atoms with van der Waals surface area (Å²) in [5.41, 5.74) is 2.60. The van der Waals surface area contributed by atoms with Crippen LogP contribution in [0.5, 0.6) is 0 Å². The Labute approximate surface area is 273 Å². The third kappa shape index (κ3) is 9.25. The highest BCUT2D eigenvalue weighted by molar-refractivity contribution is 9.10. The van der Waals surface area contributed by atoms with Gasteiger partial charge in [0.25, 0.3) is 10.0 Å². The minimum atomic E-state index is -4.20. The lowest BCUT2D eigenvalue weighted by Crippen LogP contribution is -2.53. The lowest BCUT2D eigenvalue weighted by molar-refractivity contribution is -0.140. The van der Waals surface area contributed by atoms with E-state index in [9.17, 15) is 22.4 Å². The number of carbonyl (C=O) groups excluding carboxylic acids is 2. The maximum atomic E-state index is 14.4. The molecule has 4 aromatic carbocycles. The minimum absolute atomic E-state index is 0.0319. The van der Waals surface area contributed by atoms with E-state index in [1.165, 1.54) is 29.2 Å². The Morgan fingerprint density at radius 3 is 2.07 bits per heavy atom. The minimum Gasteiger partial charge on any atom is -0.354 e. The first-order chi connectivity index (χ1) is 21.4. The quantitative estimate of drug-likeness (QED) is 0.173. The fourth-order valence-electron chi connectivity index (χ4n) is 4.74. The van der Waals surface area contributed by atoms with Crippen molar-refractivity contribution in [3.63, 3.8) is 0 Å². The molecule has 10 heteroatoms. The maximum absolute atomic E-state index is 14.4. The normalized spacial score (nSPS) is 12.0. The van der Waals surface area contributed by atoms with E-state index >= 15 is 0 Å². The molecule has 0 radical (unpaired) electrons. The van der Waals surface area contributed by atoms with Crippen LogP contribution in [-0.2, 0) is 32.6 Å². The van der Waals surface area contributed by atoms with Gasteiger partial charge in [-0.05, 0) is 72.5 Å². The largest absolute Gasteiger partial charge is 0.354 e. The molecule has 4 aromatic rings. The summed E-state index contributed by atoms with van der Waals surface area (Å²) < 4.78 is 43.8. The van der Waals surface area contributed by atoms with Gasteiger partial charge in [0, 0.05) is 24.0 Å². The van der Waals surface area contributed by atoms with Gasteiger partial charge in [0.2, 0.25) is 11.8 Å². The lowest BCUT2D eigenvalue weighted by Gasteiger charge is -2.34. The smallest absolute Gasteiger partial charge is 0.264 e. The summed E-state index contributed by atoms with van der Waals surface area (Å²) in [4.78, 5) is 29.6. The van der Waals surface area contributed by atoms with Crippen molar-refractivity contribution in [1.82, 2.24) is 10.2 Å². The number of sulfonamides is 1. The van der Waals surface area contributed by atoms with Crippen LogP contribution in [0.15, 0.2) is 112 Å². The van der Waals surface area contributed by atoms with Gasteiger partial charge < -0.3 is 10.2 Å². The Kier molecular flexibility index (Phi) is 11.5. The van der Waals surface area contributed by atoms with Crippen molar-refractivity contribution in [2.24, 2.45) is 5.92 Å². The Bertz CT molecular complexity index is 1680. The third-order valence-electron chi connectivity index (χ3n) is 7.22. The molecule has 45 heavy (non-hydrogen) atoms. The highest BCUT2D eigenvalue weighted by Gasteiger charge is 2.34. The van der Waals surface area contributed by atoms with Crippen LogP contribution in [0.2, 0.25) is 0 Å². The van der Waals surface area contributed by atoms with Gasteiger partial charge in [0.15, 0.2) is 0 Å². The number of aryl methyl sites for hydroxylation is 1. The van der Waals surface area contributed by atoms with Gasteiger partial charge in [0.05, 0.1) is 10.6 Å². The zero-order valence-corrected chi connectivity index (χ0v) is 27.9. The van der Waals surface area contributed by atoms with E-state index in [1.807, 2.05) is 51.1 Å². The molecule has 2 amide bonds. The second-order valence-corrected chi connectivity index (χ2v) is 14.1. The molecular formula is C35H37BrFN3O4S. The van der Waals surface area contributed by atoms with Crippen molar-refractivity contribution in [1.29, 1.82) is 0 Å². The highest BCUT2D eigenvalue weighted by atomic mass is 79.9. The van der Waals surface area contributed by atoms with Crippen LogP contribution in [0, 0.1) is 18.7 Å². The average Bonchev–Trinajstić information content (AvgIpc) is 3.02. The van der Waals surface area contributed by atoms with Crippen LogP contribution < -0.4 is 9.62 Å². The second kappa shape index (κ2) is 15.3. The molecule has 0 aliphatic rings. The van der Waals surface area contributed by atoms with E-state index in [-0.39, 0.29) is 35.4 Å². The number of rotatable bonds is 13. The number of anilines is 1. The summed E-state index contributed by atoms with van der Waals surface area (Å²) in [6, 6.07) is 27.1. The van der Waals surface area contributed by atoms with Gasteiger partial charge in [0.1, 0.15) is 18.4 Å². The Hall–Kier alpha value is -4.02. The van der Waals surface area contributed by atoms with Crippen LogP contribution >= 0.6 is 15.9 Å². The van der Waals surface area contributed by atoms with Crippen molar-refractivity contribution < 1.29 is 22.4 Å². The van der Waals surface area contributed by atoms with Crippen LogP contribution in [0.3, 0.4) is 0 Å². The molecule has 236 valence electrons. The fourth-order valence-corrected chi connectivity index (χ4v) is 6.42. The van der Waals surface area contributed by atoms with E-state index in [4.69, 9.17) is 0 Å². The Morgan fingerprint density at radius 1 is 0.844 bits per heavy atom. The van der Waals surface area contributed by atoms with Gasteiger partial charge >= 0.3 is 0 Å². The molecule has 1 N–H and O–H groups in total. The van der Waals surface area contributed by atoms with Crippen molar-refractivity contribution in [3.05, 3.63) is 130 Å². The van der Waals surface area contributed by atoms with E-state index < -0.39 is 34.3 Å². The number of hydrogen-bond donors (Lipinski definition) is 1. The molecule has 0 spiro atoms. The first-order valence-electron chi connectivity index (χ1n) is 14.6. The van der Waals surface area contributed by atoms with Crippen molar-refractivity contribution in [2.45, 2.75) is 44.7 Å². The van der Waals surface area contributed by atoms with Gasteiger partial charge in [-0.25, -0.2) is 12.8 Å². The number of nitrogens with zero attached hydrogens (tertiary/aromatic N) is 2. The molecule has 0 aromatic heterocycles. The summed E-state index contributed by atoms with van der Waals surface area (Å²) in [5.74, 6) is -1.21. The average molecular weight is 695 g/mol. The molecule has 0 saturated heterocycles. The van der Waals surface area contributed by atoms with Gasteiger partial charge in [-0.2, -0.15) is 0 Å². The summed E-state index contributed by atoms with van der Waals surface area (Å²) in [5, 5.41) is 2.96. The summed E-state index contributed by atoms with van der Waals surface area (Å²) in [6.07, 6.45) is 0.195. The zero-order chi connectivity index (χ0) is 32.6. The van der Waals surface area contributed by atoms with Crippen LogP contribution in [0.1, 0.15) is 30.5 Å². The second-order valence-electron chi connectivity index (χ2n) is 11.3. The van der Waals surface area contributed by atoms with Crippen LogP contribution in [0.25, 0.3) is 0 Å². The number of nitrogens with one attached hydrogen (secondary N) is 1. The van der Waals surface area contributed by atoms with E-state index in [2.05, 4.69) is 21.2 Å². The Morgan fingerprint density at radius 2 is 1.47 bits per heavy atom. The standard InChI is InChI=1S/C35H37BrFN3O4S/c1-25(2)22-38-35(42)33(21-27-7-5-4-6-8-27)39(23-28-11-15-30(37)16-12-28)34(41)24-40(31-17-13-29(36)14-18-31)45(43,44)32-19-9-26(3)10-20-32/h4-20,25,33H,21-24H2,1-3H3,(H,38,42)/t33-/m1/s1.